The highest BCUT2D eigenvalue weighted by atomic mass is 16.3. The Bertz CT molecular complexity index is 480. The maximum absolute atomic E-state index is 12.4. The molecule has 0 radical (unpaired) electrons. The number of rotatable bonds is 7. The zero-order valence-electron chi connectivity index (χ0n) is 13.2. The fourth-order valence-electron chi connectivity index (χ4n) is 2.52. The number of nitrogens with zero attached hydrogens (tertiary/aromatic N) is 3. The van der Waals surface area contributed by atoms with Gasteiger partial charge in [-0.15, -0.1) is 0 Å². The van der Waals surface area contributed by atoms with Gasteiger partial charge in [0.1, 0.15) is 0 Å². The van der Waals surface area contributed by atoms with Crippen molar-refractivity contribution >= 4 is 11.7 Å². The van der Waals surface area contributed by atoms with Crippen molar-refractivity contribution in [2.45, 2.75) is 52.6 Å². The lowest BCUT2D eigenvalue weighted by Crippen LogP contribution is -2.38. The van der Waals surface area contributed by atoms with Gasteiger partial charge < -0.3 is 15.3 Å². The maximum Gasteiger partial charge on any atom is 0.322 e. The van der Waals surface area contributed by atoms with Crippen LogP contribution in [-0.2, 0) is 13.0 Å². The molecule has 0 spiro atoms. The maximum atomic E-state index is 12.4. The average Bonchev–Trinajstić information content (AvgIpc) is 3.19. The van der Waals surface area contributed by atoms with E-state index in [9.17, 15) is 4.79 Å². The van der Waals surface area contributed by atoms with Gasteiger partial charge in [0.25, 0.3) is 0 Å². The predicted molar refractivity (Wildman–Crippen MR) is 82.3 cm³/mol. The van der Waals surface area contributed by atoms with Gasteiger partial charge in [0.2, 0.25) is 0 Å². The zero-order valence-corrected chi connectivity index (χ0v) is 13.2. The quantitative estimate of drug-likeness (QED) is 0.809. The van der Waals surface area contributed by atoms with E-state index in [0.717, 1.165) is 37.2 Å². The fourth-order valence-corrected chi connectivity index (χ4v) is 2.52. The molecule has 21 heavy (non-hydrogen) atoms. The molecule has 0 unspecified atom stereocenters. The molecule has 0 saturated heterocycles. The molecule has 6 nitrogen and oxygen atoms in total. The van der Waals surface area contributed by atoms with E-state index in [-0.39, 0.29) is 18.7 Å². The van der Waals surface area contributed by atoms with Gasteiger partial charge in [0.05, 0.1) is 24.2 Å². The Labute approximate surface area is 126 Å². The third kappa shape index (κ3) is 3.97. The van der Waals surface area contributed by atoms with Crippen molar-refractivity contribution in [1.82, 2.24) is 14.7 Å². The van der Waals surface area contributed by atoms with Crippen molar-refractivity contribution in [1.29, 1.82) is 0 Å². The molecule has 1 fully saturated rings. The lowest BCUT2D eigenvalue weighted by atomic mass is 10.2. The Balaban J connectivity index is 2.07. The second-order valence-corrected chi connectivity index (χ2v) is 6.01. The van der Waals surface area contributed by atoms with Crippen LogP contribution < -0.4 is 5.32 Å². The van der Waals surface area contributed by atoms with E-state index < -0.39 is 0 Å². The topological polar surface area (TPSA) is 70.4 Å². The third-order valence-electron chi connectivity index (χ3n) is 3.65. The number of carbonyl (C=O) groups is 1. The molecule has 1 aromatic rings. The highest BCUT2D eigenvalue weighted by Crippen LogP contribution is 2.27. The second-order valence-electron chi connectivity index (χ2n) is 6.01. The van der Waals surface area contributed by atoms with Gasteiger partial charge in [-0.2, -0.15) is 5.10 Å². The van der Waals surface area contributed by atoms with Crippen LogP contribution in [0.3, 0.4) is 0 Å². The molecule has 1 heterocycles. The molecule has 1 aliphatic carbocycles. The molecule has 1 saturated carbocycles. The summed E-state index contributed by atoms with van der Waals surface area (Å²) in [5.41, 5.74) is 1.84. The van der Waals surface area contributed by atoms with Gasteiger partial charge in [-0.25, -0.2) is 4.79 Å². The molecule has 0 atom stereocenters. The molecule has 1 aromatic heterocycles. The summed E-state index contributed by atoms with van der Waals surface area (Å²) in [7, 11) is 0. The zero-order chi connectivity index (χ0) is 15.4. The molecule has 0 aliphatic heterocycles. The summed E-state index contributed by atoms with van der Waals surface area (Å²) in [6.45, 7) is 7.60. The van der Waals surface area contributed by atoms with Crippen molar-refractivity contribution in [3.63, 3.8) is 0 Å². The van der Waals surface area contributed by atoms with Gasteiger partial charge in [-0.1, -0.05) is 20.8 Å². The standard InChI is InChI=1S/C15H26N4O2/c1-4-14-13(9-16-19(14)10-11(2)3)17-15(21)18(7-8-20)12-5-6-12/h9,11-12,20H,4-8,10H2,1-3H3,(H,17,21). The minimum atomic E-state index is -0.134. The monoisotopic (exact) mass is 294 g/mol. The molecular formula is C15H26N4O2. The first-order valence-corrected chi connectivity index (χ1v) is 7.80. The Hall–Kier alpha value is -1.56. The molecule has 0 bridgehead atoms. The van der Waals surface area contributed by atoms with E-state index in [1.165, 1.54) is 0 Å². The van der Waals surface area contributed by atoms with Crippen LogP contribution in [0.25, 0.3) is 0 Å². The first-order chi connectivity index (χ1) is 10.1. The van der Waals surface area contributed by atoms with Gasteiger partial charge in [0, 0.05) is 19.1 Å². The van der Waals surface area contributed by atoms with Crippen LogP contribution in [0.1, 0.15) is 39.3 Å². The number of hydrogen-bond donors (Lipinski definition) is 2. The number of aromatic nitrogens is 2. The number of hydrogen-bond acceptors (Lipinski definition) is 3. The number of urea groups is 1. The predicted octanol–water partition coefficient (Wildman–Crippen LogP) is 2.09. The van der Waals surface area contributed by atoms with Gasteiger partial charge in [-0.05, 0) is 25.2 Å². The van der Waals surface area contributed by atoms with E-state index in [1.807, 2.05) is 4.68 Å². The van der Waals surface area contributed by atoms with E-state index >= 15 is 0 Å². The lowest BCUT2D eigenvalue weighted by Gasteiger charge is -2.21. The molecule has 2 rings (SSSR count). The Morgan fingerprint density at radius 1 is 1.57 bits per heavy atom. The van der Waals surface area contributed by atoms with Crippen LogP contribution in [0.5, 0.6) is 0 Å². The first-order valence-electron chi connectivity index (χ1n) is 7.80. The van der Waals surface area contributed by atoms with Gasteiger partial charge in [0.15, 0.2) is 0 Å². The molecule has 1 aliphatic rings. The molecule has 6 heteroatoms. The molecule has 2 amide bonds. The summed E-state index contributed by atoms with van der Waals surface area (Å²) in [5, 5.41) is 16.4. The summed E-state index contributed by atoms with van der Waals surface area (Å²) in [6, 6.07) is 0.151. The molecule has 2 N–H and O–H groups in total. The molecule has 118 valence electrons. The molecule has 0 aromatic carbocycles. The number of carbonyl (C=O) groups excluding carboxylic acids is 1. The number of aliphatic hydroxyl groups is 1. The number of amides is 2. The summed E-state index contributed by atoms with van der Waals surface area (Å²) < 4.78 is 1.97. The van der Waals surface area contributed by atoms with E-state index in [1.54, 1.807) is 11.1 Å². The van der Waals surface area contributed by atoms with Crippen molar-refractivity contribution in [2.24, 2.45) is 5.92 Å². The minimum absolute atomic E-state index is 0.00281. The van der Waals surface area contributed by atoms with Crippen molar-refractivity contribution in [3.8, 4) is 0 Å². The van der Waals surface area contributed by atoms with E-state index in [4.69, 9.17) is 5.11 Å². The highest BCUT2D eigenvalue weighted by Gasteiger charge is 2.32. The Morgan fingerprint density at radius 2 is 2.29 bits per heavy atom. The van der Waals surface area contributed by atoms with Gasteiger partial charge >= 0.3 is 6.03 Å². The average molecular weight is 294 g/mol. The summed E-state index contributed by atoms with van der Waals surface area (Å²) >= 11 is 0. The van der Waals surface area contributed by atoms with E-state index in [0.29, 0.717) is 12.5 Å². The van der Waals surface area contributed by atoms with Crippen LogP contribution in [-0.4, -0.2) is 45.0 Å². The van der Waals surface area contributed by atoms with Crippen LogP contribution in [0.15, 0.2) is 6.20 Å². The fraction of sp³-hybridized carbons (Fsp3) is 0.733. The third-order valence-corrected chi connectivity index (χ3v) is 3.65. The van der Waals surface area contributed by atoms with E-state index in [2.05, 4.69) is 31.2 Å². The number of anilines is 1. The van der Waals surface area contributed by atoms with Crippen molar-refractivity contribution in [3.05, 3.63) is 11.9 Å². The summed E-state index contributed by atoms with van der Waals surface area (Å²) in [4.78, 5) is 14.1. The number of nitrogens with one attached hydrogen (secondary N) is 1. The van der Waals surface area contributed by atoms with Crippen LogP contribution in [0, 0.1) is 5.92 Å². The first kappa shape index (κ1) is 15.8. The number of aliphatic hydroxyl groups excluding tert-OH is 1. The normalized spacial score (nSPS) is 14.5. The van der Waals surface area contributed by atoms with Crippen LogP contribution in [0.2, 0.25) is 0 Å². The minimum Gasteiger partial charge on any atom is -0.395 e. The highest BCUT2D eigenvalue weighted by molar-refractivity contribution is 5.90. The van der Waals surface area contributed by atoms with Crippen LogP contribution in [0.4, 0.5) is 10.5 Å². The summed E-state index contributed by atoms with van der Waals surface area (Å²) in [5.74, 6) is 0.510. The van der Waals surface area contributed by atoms with Crippen LogP contribution >= 0.6 is 0 Å². The Morgan fingerprint density at radius 3 is 2.81 bits per heavy atom. The second kappa shape index (κ2) is 6.93. The lowest BCUT2D eigenvalue weighted by molar-refractivity contribution is 0.185. The molecular weight excluding hydrogens is 268 g/mol. The van der Waals surface area contributed by atoms with Gasteiger partial charge in [-0.3, -0.25) is 4.68 Å². The Kier molecular flexibility index (Phi) is 5.22. The van der Waals surface area contributed by atoms with Crippen molar-refractivity contribution in [2.75, 3.05) is 18.5 Å². The smallest absolute Gasteiger partial charge is 0.322 e. The SMILES string of the molecule is CCc1c(NC(=O)N(CCO)C2CC2)cnn1CC(C)C. The van der Waals surface area contributed by atoms with Crippen molar-refractivity contribution < 1.29 is 9.90 Å². The largest absolute Gasteiger partial charge is 0.395 e. The summed E-state index contributed by atoms with van der Waals surface area (Å²) in [6.07, 6.45) is 4.61.